The Bertz CT molecular complexity index is 755. The number of aldehydes is 1. The number of hydrogen-bond donors (Lipinski definition) is 0. The van der Waals surface area contributed by atoms with Crippen LogP contribution in [-0.2, 0) is 0 Å². The third-order valence-electron chi connectivity index (χ3n) is 2.84. The fourth-order valence-corrected chi connectivity index (χ4v) is 2.12. The second kappa shape index (κ2) is 5.22. The van der Waals surface area contributed by atoms with Crippen molar-refractivity contribution in [3.63, 3.8) is 0 Å². The third kappa shape index (κ3) is 2.08. The van der Waals surface area contributed by atoms with Crippen LogP contribution in [0.15, 0.2) is 48.9 Å². The average Bonchev–Trinajstić information content (AvgIpc) is 2.97. The molecule has 0 fully saturated rings. The first-order valence-electron chi connectivity index (χ1n) is 5.87. The first-order valence-corrected chi connectivity index (χ1v) is 6.24. The minimum Gasteiger partial charge on any atom is -0.298 e. The normalized spacial score (nSPS) is 10.4. The van der Waals surface area contributed by atoms with E-state index in [0.29, 0.717) is 17.7 Å². The fraction of sp³-hybridized carbons (Fsp3) is 0. The Labute approximate surface area is 119 Å². The summed E-state index contributed by atoms with van der Waals surface area (Å²) in [4.78, 5) is 19.2. The van der Waals surface area contributed by atoms with E-state index in [0.717, 1.165) is 5.69 Å². The van der Waals surface area contributed by atoms with E-state index < -0.39 is 0 Å². The number of halogens is 1. The number of para-hydroxylation sites is 1. The Hall–Kier alpha value is -2.53. The molecule has 0 amide bonds. The van der Waals surface area contributed by atoms with E-state index in [-0.39, 0.29) is 10.7 Å². The molecule has 0 aliphatic carbocycles. The minimum absolute atomic E-state index is 0.130. The van der Waals surface area contributed by atoms with E-state index >= 15 is 0 Å². The Morgan fingerprint density at radius 1 is 1.10 bits per heavy atom. The molecule has 98 valence electrons. The van der Waals surface area contributed by atoms with Gasteiger partial charge >= 0.3 is 0 Å². The van der Waals surface area contributed by atoms with Crippen LogP contribution in [0.1, 0.15) is 10.4 Å². The summed E-state index contributed by atoms with van der Waals surface area (Å²) in [5.41, 5.74) is 2.27. The molecule has 20 heavy (non-hydrogen) atoms. The van der Waals surface area contributed by atoms with E-state index in [9.17, 15) is 4.79 Å². The van der Waals surface area contributed by atoms with E-state index in [1.807, 2.05) is 30.3 Å². The number of aromatic nitrogens is 4. The van der Waals surface area contributed by atoms with Gasteiger partial charge in [-0.25, -0.2) is 14.6 Å². The van der Waals surface area contributed by atoms with Crippen LogP contribution < -0.4 is 0 Å². The fourth-order valence-electron chi connectivity index (χ4n) is 1.94. The lowest BCUT2D eigenvalue weighted by molar-refractivity contribution is 0.112. The largest absolute Gasteiger partial charge is 0.298 e. The van der Waals surface area contributed by atoms with Crippen molar-refractivity contribution in [2.75, 3.05) is 0 Å². The van der Waals surface area contributed by atoms with Crippen LogP contribution in [-0.4, -0.2) is 26.0 Å². The summed E-state index contributed by atoms with van der Waals surface area (Å²) in [6.07, 6.45) is 3.62. The predicted molar refractivity (Wildman–Crippen MR) is 75.0 cm³/mol. The summed E-state index contributed by atoms with van der Waals surface area (Å²) in [6, 6.07) is 11.4. The van der Waals surface area contributed by atoms with Gasteiger partial charge in [0.2, 0.25) is 0 Å². The lowest BCUT2D eigenvalue weighted by Crippen LogP contribution is -2.03. The standard InChI is InChI=1S/C14H9ClN4O/c15-14-11(8-20)13(16-9-17-14)12-6-7-18-19(12)10-4-2-1-3-5-10/h1-9H. The number of nitrogens with zero attached hydrogens (tertiary/aromatic N) is 4. The monoisotopic (exact) mass is 284 g/mol. The van der Waals surface area contributed by atoms with E-state index in [4.69, 9.17) is 11.6 Å². The Morgan fingerprint density at radius 2 is 1.90 bits per heavy atom. The van der Waals surface area contributed by atoms with Crippen molar-refractivity contribution in [2.24, 2.45) is 0 Å². The van der Waals surface area contributed by atoms with Crippen molar-refractivity contribution in [3.05, 3.63) is 59.6 Å². The summed E-state index contributed by atoms with van der Waals surface area (Å²) in [7, 11) is 0. The molecule has 0 aliphatic heterocycles. The molecule has 1 aromatic carbocycles. The highest BCUT2D eigenvalue weighted by Gasteiger charge is 2.15. The summed E-state index contributed by atoms with van der Waals surface area (Å²) in [6.45, 7) is 0. The molecule has 0 N–H and O–H groups in total. The number of carbonyl (C=O) groups excluding carboxylic acids is 1. The Kier molecular flexibility index (Phi) is 3.26. The zero-order chi connectivity index (χ0) is 13.9. The van der Waals surface area contributed by atoms with Crippen molar-refractivity contribution >= 4 is 17.9 Å². The summed E-state index contributed by atoms with van der Waals surface area (Å²) < 4.78 is 1.70. The molecule has 0 unspecified atom stereocenters. The van der Waals surface area contributed by atoms with Crippen LogP contribution in [0.2, 0.25) is 5.15 Å². The van der Waals surface area contributed by atoms with Crippen molar-refractivity contribution in [1.82, 2.24) is 19.7 Å². The Morgan fingerprint density at radius 3 is 2.65 bits per heavy atom. The van der Waals surface area contributed by atoms with Crippen LogP contribution >= 0.6 is 11.6 Å². The second-order valence-corrected chi connectivity index (χ2v) is 4.37. The van der Waals surface area contributed by atoms with Crippen molar-refractivity contribution < 1.29 is 4.79 Å². The van der Waals surface area contributed by atoms with Gasteiger partial charge in [0.05, 0.1) is 23.1 Å². The van der Waals surface area contributed by atoms with E-state index in [2.05, 4.69) is 15.1 Å². The van der Waals surface area contributed by atoms with E-state index in [1.54, 1.807) is 16.9 Å². The predicted octanol–water partition coefficient (Wildman–Crippen LogP) is 2.80. The van der Waals surface area contributed by atoms with Crippen molar-refractivity contribution in [2.45, 2.75) is 0 Å². The molecule has 0 spiro atoms. The van der Waals surface area contributed by atoms with Crippen LogP contribution in [0, 0.1) is 0 Å². The summed E-state index contributed by atoms with van der Waals surface area (Å²) in [5, 5.41) is 4.40. The highest BCUT2D eigenvalue weighted by atomic mass is 35.5. The molecule has 0 saturated carbocycles. The van der Waals surface area contributed by atoms with Crippen LogP contribution in [0.3, 0.4) is 0 Å². The number of hydrogen-bond acceptors (Lipinski definition) is 4. The zero-order valence-corrected chi connectivity index (χ0v) is 11.0. The van der Waals surface area contributed by atoms with Gasteiger partial charge < -0.3 is 0 Å². The molecule has 3 rings (SSSR count). The summed E-state index contributed by atoms with van der Waals surface area (Å²) >= 11 is 5.93. The third-order valence-corrected chi connectivity index (χ3v) is 3.14. The molecule has 0 aliphatic rings. The highest BCUT2D eigenvalue weighted by Crippen LogP contribution is 2.25. The molecule has 0 saturated heterocycles. The van der Waals surface area contributed by atoms with Crippen LogP contribution in [0.4, 0.5) is 0 Å². The second-order valence-electron chi connectivity index (χ2n) is 4.01. The summed E-state index contributed by atoms with van der Waals surface area (Å²) in [5.74, 6) is 0. The average molecular weight is 285 g/mol. The molecule has 2 aromatic heterocycles. The molecular formula is C14H9ClN4O. The molecule has 0 bridgehead atoms. The quantitative estimate of drug-likeness (QED) is 0.548. The first-order chi connectivity index (χ1) is 9.81. The van der Waals surface area contributed by atoms with Gasteiger partial charge in [-0.1, -0.05) is 29.8 Å². The highest BCUT2D eigenvalue weighted by molar-refractivity contribution is 6.32. The minimum atomic E-state index is 0.130. The number of rotatable bonds is 3. The number of benzene rings is 1. The molecule has 3 aromatic rings. The van der Waals surface area contributed by atoms with Gasteiger partial charge in [-0.2, -0.15) is 5.10 Å². The van der Waals surface area contributed by atoms with Crippen molar-refractivity contribution in [3.8, 4) is 17.1 Å². The lowest BCUT2D eigenvalue weighted by Gasteiger charge is -2.08. The molecule has 2 heterocycles. The maximum Gasteiger partial charge on any atom is 0.155 e. The van der Waals surface area contributed by atoms with Gasteiger partial charge in [-0.3, -0.25) is 4.79 Å². The molecule has 0 atom stereocenters. The molecule has 5 nitrogen and oxygen atoms in total. The van der Waals surface area contributed by atoms with Crippen molar-refractivity contribution in [1.29, 1.82) is 0 Å². The number of carbonyl (C=O) groups is 1. The van der Waals surface area contributed by atoms with Gasteiger partial charge in [-0.15, -0.1) is 0 Å². The van der Waals surface area contributed by atoms with Gasteiger partial charge in [0.1, 0.15) is 17.2 Å². The maximum atomic E-state index is 11.2. The van der Waals surface area contributed by atoms with Gasteiger partial charge in [0, 0.05) is 0 Å². The zero-order valence-electron chi connectivity index (χ0n) is 10.3. The van der Waals surface area contributed by atoms with Gasteiger partial charge in [0.15, 0.2) is 6.29 Å². The first kappa shape index (κ1) is 12.5. The van der Waals surface area contributed by atoms with E-state index in [1.165, 1.54) is 6.33 Å². The van der Waals surface area contributed by atoms with Crippen LogP contribution in [0.25, 0.3) is 17.1 Å². The smallest absolute Gasteiger partial charge is 0.155 e. The topological polar surface area (TPSA) is 60.7 Å². The maximum absolute atomic E-state index is 11.2. The lowest BCUT2D eigenvalue weighted by atomic mass is 10.2. The van der Waals surface area contributed by atoms with Gasteiger partial charge in [0.25, 0.3) is 0 Å². The van der Waals surface area contributed by atoms with Gasteiger partial charge in [-0.05, 0) is 18.2 Å². The van der Waals surface area contributed by atoms with Crippen LogP contribution in [0.5, 0.6) is 0 Å². The molecular weight excluding hydrogens is 276 g/mol. The molecule has 6 heteroatoms. The molecule has 0 radical (unpaired) electrons. The Balaban J connectivity index is 2.21. The SMILES string of the molecule is O=Cc1c(Cl)ncnc1-c1ccnn1-c1ccccc1.